The van der Waals surface area contributed by atoms with E-state index >= 15 is 0 Å². The van der Waals surface area contributed by atoms with Crippen LogP contribution in [0.25, 0.3) is 0 Å². The van der Waals surface area contributed by atoms with E-state index in [-0.39, 0.29) is 18.4 Å². The maximum absolute atomic E-state index is 12.2. The molecule has 0 aliphatic carbocycles. The number of nitrogens with one attached hydrogen (secondary N) is 1. The van der Waals surface area contributed by atoms with Crippen molar-refractivity contribution in [3.8, 4) is 0 Å². The normalized spacial score (nSPS) is 10.1. The molecule has 0 bridgehead atoms. The Bertz CT molecular complexity index is 567. The largest absolute Gasteiger partial charge is 0.363 e. The molecular weight excluding hydrogens is 258 g/mol. The van der Waals surface area contributed by atoms with Crippen LogP contribution in [0, 0.1) is 0 Å². The first-order chi connectivity index (χ1) is 9.70. The molecule has 2 amide bonds. The summed E-state index contributed by atoms with van der Waals surface area (Å²) < 4.78 is 4.62. The van der Waals surface area contributed by atoms with Gasteiger partial charge in [0, 0.05) is 18.2 Å². The van der Waals surface area contributed by atoms with Gasteiger partial charge in [0.15, 0.2) is 5.82 Å². The van der Waals surface area contributed by atoms with Crippen molar-refractivity contribution in [3.63, 3.8) is 0 Å². The summed E-state index contributed by atoms with van der Waals surface area (Å²) in [5, 5.41) is 6.14. The van der Waals surface area contributed by atoms with Gasteiger partial charge in [-0.25, -0.2) is 0 Å². The zero-order valence-corrected chi connectivity index (χ0v) is 11.1. The molecule has 0 atom stereocenters. The van der Waals surface area contributed by atoms with Crippen molar-refractivity contribution in [1.82, 2.24) is 10.1 Å². The molecule has 1 aromatic carbocycles. The number of benzene rings is 1. The highest BCUT2D eigenvalue weighted by Crippen LogP contribution is 2.06. The fourth-order valence-corrected chi connectivity index (χ4v) is 1.72. The second-order valence-electron chi connectivity index (χ2n) is 4.12. The number of carbonyl (C=O) groups excluding carboxylic acids is 2. The number of carbonyl (C=O) groups is 2. The second kappa shape index (κ2) is 6.51. The van der Waals surface area contributed by atoms with Crippen LogP contribution in [0.2, 0.25) is 0 Å². The van der Waals surface area contributed by atoms with Gasteiger partial charge in [0.25, 0.3) is 5.91 Å². The molecule has 0 fully saturated rings. The first-order valence-corrected chi connectivity index (χ1v) is 6.25. The molecule has 2 aromatic rings. The highest BCUT2D eigenvalue weighted by atomic mass is 16.5. The van der Waals surface area contributed by atoms with Crippen molar-refractivity contribution < 1.29 is 14.1 Å². The second-order valence-corrected chi connectivity index (χ2v) is 4.12. The molecule has 1 heterocycles. The molecule has 0 unspecified atom stereocenters. The molecule has 104 valence electrons. The lowest BCUT2D eigenvalue weighted by atomic mass is 10.2. The van der Waals surface area contributed by atoms with Crippen molar-refractivity contribution in [3.05, 3.63) is 48.2 Å². The highest BCUT2D eigenvalue weighted by Gasteiger charge is 2.17. The zero-order chi connectivity index (χ0) is 14.4. The molecule has 0 aliphatic heterocycles. The van der Waals surface area contributed by atoms with E-state index in [1.807, 2.05) is 13.0 Å². The van der Waals surface area contributed by atoms with Crippen LogP contribution in [0.15, 0.2) is 47.2 Å². The van der Waals surface area contributed by atoms with Crippen LogP contribution in [0.3, 0.4) is 0 Å². The van der Waals surface area contributed by atoms with Crippen LogP contribution >= 0.6 is 0 Å². The summed E-state index contributed by atoms with van der Waals surface area (Å²) >= 11 is 0. The lowest BCUT2D eigenvalue weighted by Crippen LogP contribution is -2.37. The number of amides is 2. The fourth-order valence-electron chi connectivity index (χ4n) is 1.72. The predicted molar refractivity (Wildman–Crippen MR) is 73.2 cm³/mol. The van der Waals surface area contributed by atoms with Crippen LogP contribution in [0.1, 0.15) is 17.3 Å². The third kappa shape index (κ3) is 3.44. The van der Waals surface area contributed by atoms with Gasteiger partial charge >= 0.3 is 0 Å². The summed E-state index contributed by atoms with van der Waals surface area (Å²) in [5.41, 5.74) is 0.559. The molecule has 6 nitrogen and oxygen atoms in total. The molecule has 0 aliphatic rings. The van der Waals surface area contributed by atoms with E-state index in [9.17, 15) is 9.59 Å². The number of nitrogens with zero attached hydrogens (tertiary/aromatic N) is 2. The van der Waals surface area contributed by atoms with Gasteiger partial charge in [0.2, 0.25) is 5.91 Å². The summed E-state index contributed by atoms with van der Waals surface area (Å²) in [7, 11) is 0. The molecule has 0 saturated carbocycles. The smallest absolute Gasteiger partial charge is 0.254 e. The maximum atomic E-state index is 12.2. The average Bonchev–Trinajstić information content (AvgIpc) is 2.97. The number of anilines is 1. The van der Waals surface area contributed by atoms with Crippen LogP contribution in [-0.4, -0.2) is 35.0 Å². The molecular formula is C14H15N3O3. The van der Waals surface area contributed by atoms with Crippen molar-refractivity contribution in [2.45, 2.75) is 6.92 Å². The molecule has 0 spiro atoms. The van der Waals surface area contributed by atoms with Crippen LogP contribution < -0.4 is 5.32 Å². The van der Waals surface area contributed by atoms with Gasteiger partial charge in [-0.15, -0.1) is 0 Å². The molecule has 1 N–H and O–H groups in total. The summed E-state index contributed by atoms with van der Waals surface area (Å²) in [4.78, 5) is 25.5. The fraction of sp³-hybridized carbons (Fsp3) is 0.214. The zero-order valence-electron chi connectivity index (χ0n) is 11.1. The van der Waals surface area contributed by atoms with Crippen LogP contribution in [0.4, 0.5) is 5.82 Å². The minimum Gasteiger partial charge on any atom is -0.363 e. The van der Waals surface area contributed by atoms with Crippen LogP contribution in [0.5, 0.6) is 0 Å². The molecule has 0 saturated heterocycles. The van der Waals surface area contributed by atoms with Gasteiger partial charge in [-0.3, -0.25) is 9.59 Å². The number of aromatic nitrogens is 1. The van der Waals surface area contributed by atoms with E-state index in [0.29, 0.717) is 17.9 Å². The quantitative estimate of drug-likeness (QED) is 0.901. The Kier molecular flexibility index (Phi) is 4.49. The number of rotatable bonds is 5. The van der Waals surface area contributed by atoms with Gasteiger partial charge < -0.3 is 14.7 Å². The van der Waals surface area contributed by atoms with E-state index < -0.39 is 0 Å². The Balaban J connectivity index is 1.98. The van der Waals surface area contributed by atoms with Gasteiger partial charge in [0.05, 0.1) is 0 Å². The van der Waals surface area contributed by atoms with E-state index in [1.165, 1.54) is 17.2 Å². The van der Waals surface area contributed by atoms with Crippen molar-refractivity contribution >= 4 is 17.6 Å². The van der Waals surface area contributed by atoms with Crippen LogP contribution in [-0.2, 0) is 4.79 Å². The summed E-state index contributed by atoms with van der Waals surface area (Å²) in [6.45, 7) is 2.24. The van der Waals surface area contributed by atoms with E-state index in [4.69, 9.17) is 0 Å². The number of hydrogen-bond donors (Lipinski definition) is 1. The molecule has 0 radical (unpaired) electrons. The number of likely N-dealkylation sites (N-methyl/N-ethyl adjacent to an activating group) is 1. The molecule has 1 aromatic heterocycles. The molecule has 2 rings (SSSR count). The minimum absolute atomic E-state index is 0.0307. The van der Waals surface area contributed by atoms with Gasteiger partial charge in [-0.1, -0.05) is 23.4 Å². The third-order valence-corrected chi connectivity index (χ3v) is 2.73. The van der Waals surface area contributed by atoms with E-state index in [0.717, 1.165) is 0 Å². The average molecular weight is 273 g/mol. The lowest BCUT2D eigenvalue weighted by molar-refractivity contribution is -0.116. The summed E-state index contributed by atoms with van der Waals surface area (Å²) in [6.07, 6.45) is 1.36. The Morgan fingerprint density at radius 3 is 2.60 bits per heavy atom. The monoisotopic (exact) mass is 273 g/mol. The molecule has 6 heteroatoms. The minimum atomic E-state index is -0.315. The first kappa shape index (κ1) is 13.8. The van der Waals surface area contributed by atoms with Crippen molar-refractivity contribution in [2.24, 2.45) is 0 Å². The van der Waals surface area contributed by atoms with E-state index in [2.05, 4.69) is 15.0 Å². The highest BCUT2D eigenvalue weighted by molar-refractivity contribution is 5.99. The third-order valence-electron chi connectivity index (χ3n) is 2.73. The molecule has 20 heavy (non-hydrogen) atoms. The number of hydrogen-bond acceptors (Lipinski definition) is 4. The van der Waals surface area contributed by atoms with Gasteiger partial charge in [0.1, 0.15) is 12.8 Å². The SMILES string of the molecule is CCN(CC(=O)Nc1ccon1)C(=O)c1ccccc1. The van der Waals surface area contributed by atoms with Crippen molar-refractivity contribution in [1.29, 1.82) is 0 Å². The van der Waals surface area contributed by atoms with E-state index in [1.54, 1.807) is 24.3 Å². The Morgan fingerprint density at radius 1 is 1.25 bits per heavy atom. The van der Waals surface area contributed by atoms with Gasteiger partial charge in [-0.2, -0.15) is 0 Å². The predicted octanol–water partition coefficient (Wildman–Crippen LogP) is 1.78. The maximum Gasteiger partial charge on any atom is 0.254 e. The Hall–Kier alpha value is -2.63. The topological polar surface area (TPSA) is 75.4 Å². The Labute approximate surface area is 116 Å². The lowest BCUT2D eigenvalue weighted by Gasteiger charge is -2.20. The standard InChI is InChI=1S/C14H15N3O3/c1-2-17(14(19)11-6-4-3-5-7-11)10-13(18)15-12-8-9-20-16-12/h3-9H,2,10H2,1H3,(H,15,16,18). The first-order valence-electron chi connectivity index (χ1n) is 6.25. The van der Waals surface area contributed by atoms with Gasteiger partial charge in [-0.05, 0) is 19.1 Å². The Morgan fingerprint density at radius 2 is 2.00 bits per heavy atom. The van der Waals surface area contributed by atoms with Crippen molar-refractivity contribution in [2.75, 3.05) is 18.4 Å². The summed E-state index contributed by atoms with van der Waals surface area (Å²) in [6, 6.07) is 10.4. The summed E-state index contributed by atoms with van der Waals surface area (Å²) in [5.74, 6) is -0.161.